The summed E-state index contributed by atoms with van der Waals surface area (Å²) in [7, 11) is 0. The molecule has 1 aromatic heterocycles. The fraction of sp³-hybridized carbons (Fsp3) is 0.412. The van der Waals surface area contributed by atoms with Gasteiger partial charge in [-0.3, -0.25) is 4.79 Å². The summed E-state index contributed by atoms with van der Waals surface area (Å²) in [5.41, 5.74) is 2.61. The van der Waals surface area contributed by atoms with Gasteiger partial charge in [-0.15, -0.1) is 12.4 Å². The number of carbonyl (C=O) groups excluding carboxylic acids is 1. The molecule has 0 spiro atoms. The zero-order valence-electron chi connectivity index (χ0n) is 13.9. The molecule has 1 aliphatic carbocycles. The molecule has 1 aliphatic rings. The number of likely N-dealkylation sites (N-methyl/N-ethyl adjacent to an activating group) is 1. The van der Waals surface area contributed by atoms with Crippen molar-refractivity contribution < 1.29 is 13.6 Å². The minimum Gasteiger partial charge on any atom is -0.349 e. The van der Waals surface area contributed by atoms with Crippen LogP contribution in [-0.4, -0.2) is 35.3 Å². The minimum atomic E-state index is -0.925. The number of benzene rings is 1. The Bertz CT molecular complexity index is 763. The first-order chi connectivity index (χ1) is 11.6. The first-order valence-electron chi connectivity index (χ1n) is 8.17. The van der Waals surface area contributed by atoms with Crippen molar-refractivity contribution in [3.63, 3.8) is 0 Å². The summed E-state index contributed by atoms with van der Waals surface area (Å²) < 4.78 is 28.2. The van der Waals surface area contributed by atoms with Crippen LogP contribution < -0.4 is 10.6 Å². The number of halogens is 3. The van der Waals surface area contributed by atoms with Gasteiger partial charge in [0.2, 0.25) is 0 Å². The van der Waals surface area contributed by atoms with Gasteiger partial charge in [-0.1, -0.05) is 6.92 Å². The van der Waals surface area contributed by atoms with Gasteiger partial charge < -0.3 is 10.6 Å². The molecule has 0 bridgehead atoms. The summed E-state index contributed by atoms with van der Waals surface area (Å²) >= 11 is 0. The zero-order chi connectivity index (χ0) is 17.1. The summed E-state index contributed by atoms with van der Waals surface area (Å²) in [6.07, 6.45) is 2.47. The fourth-order valence-corrected chi connectivity index (χ4v) is 2.98. The standard InChI is InChI=1S/C17H20F2N4O.ClH/c1-2-20-8-9-21-17(24)16-12-4-3-5-15(12)23(22-16)11-6-7-13(18)14(19)10-11;/h6-7,10,20H,2-5,8-9H2,1H3,(H,21,24);1H. The van der Waals surface area contributed by atoms with Crippen LogP contribution in [-0.2, 0) is 12.8 Å². The van der Waals surface area contributed by atoms with E-state index in [1.165, 1.54) is 6.07 Å². The normalized spacial score (nSPS) is 12.6. The van der Waals surface area contributed by atoms with Gasteiger partial charge in [-0.25, -0.2) is 13.5 Å². The molecule has 0 fully saturated rings. The van der Waals surface area contributed by atoms with E-state index in [1.807, 2.05) is 6.92 Å². The van der Waals surface area contributed by atoms with Gasteiger partial charge in [0.05, 0.1) is 5.69 Å². The van der Waals surface area contributed by atoms with Crippen LogP contribution in [0.15, 0.2) is 18.2 Å². The predicted octanol–water partition coefficient (Wildman–Crippen LogP) is 2.40. The monoisotopic (exact) mass is 370 g/mol. The molecule has 0 aliphatic heterocycles. The fourth-order valence-electron chi connectivity index (χ4n) is 2.98. The van der Waals surface area contributed by atoms with Gasteiger partial charge >= 0.3 is 0 Å². The van der Waals surface area contributed by atoms with E-state index < -0.39 is 11.6 Å². The quantitative estimate of drug-likeness (QED) is 0.768. The zero-order valence-corrected chi connectivity index (χ0v) is 14.8. The summed E-state index contributed by atoms with van der Waals surface area (Å²) in [6, 6.07) is 3.65. The molecule has 8 heteroatoms. The first kappa shape index (κ1) is 19.3. The van der Waals surface area contributed by atoms with Crippen LogP contribution in [0.5, 0.6) is 0 Å². The van der Waals surface area contributed by atoms with Crippen molar-refractivity contribution >= 4 is 18.3 Å². The molecule has 1 amide bonds. The molecule has 136 valence electrons. The van der Waals surface area contributed by atoms with E-state index in [0.717, 1.165) is 49.2 Å². The molecule has 3 rings (SSSR count). The summed E-state index contributed by atoms with van der Waals surface area (Å²) in [4.78, 5) is 12.4. The lowest BCUT2D eigenvalue weighted by Crippen LogP contribution is -2.32. The maximum Gasteiger partial charge on any atom is 0.272 e. The molecule has 2 N–H and O–H groups in total. The number of nitrogens with zero attached hydrogens (tertiary/aromatic N) is 2. The van der Waals surface area contributed by atoms with Crippen molar-refractivity contribution in [2.75, 3.05) is 19.6 Å². The van der Waals surface area contributed by atoms with E-state index in [0.29, 0.717) is 24.5 Å². The Balaban J connectivity index is 0.00000225. The van der Waals surface area contributed by atoms with Crippen LogP contribution in [0.4, 0.5) is 8.78 Å². The average molecular weight is 371 g/mol. The number of carbonyl (C=O) groups is 1. The Kier molecular flexibility index (Phi) is 6.50. The highest BCUT2D eigenvalue weighted by Gasteiger charge is 2.27. The van der Waals surface area contributed by atoms with Crippen LogP contribution in [0.25, 0.3) is 5.69 Å². The van der Waals surface area contributed by atoms with Crippen molar-refractivity contribution in [3.05, 3.63) is 46.8 Å². The Morgan fingerprint density at radius 3 is 2.76 bits per heavy atom. The van der Waals surface area contributed by atoms with Crippen LogP contribution in [0.2, 0.25) is 0 Å². The third-order valence-electron chi connectivity index (χ3n) is 4.13. The number of rotatable bonds is 6. The summed E-state index contributed by atoms with van der Waals surface area (Å²) in [6.45, 7) is 4.04. The highest BCUT2D eigenvalue weighted by atomic mass is 35.5. The number of hydrogen-bond donors (Lipinski definition) is 2. The lowest BCUT2D eigenvalue weighted by atomic mass is 10.2. The molecule has 5 nitrogen and oxygen atoms in total. The lowest BCUT2D eigenvalue weighted by Gasteiger charge is -2.06. The molecular formula is C17H21ClF2N4O. The minimum absolute atomic E-state index is 0. The highest BCUT2D eigenvalue weighted by molar-refractivity contribution is 5.94. The van der Waals surface area contributed by atoms with Gasteiger partial charge in [0, 0.05) is 30.4 Å². The molecule has 0 unspecified atom stereocenters. The Morgan fingerprint density at radius 1 is 1.24 bits per heavy atom. The number of fused-ring (bicyclic) bond motifs is 1. The second kappa shape index (κ2) is 8.40. The van der Waals surface area contributed by atoms with E-state index in [2.05, 4.69) is 15.7 Å². The maximum absolute atomic E-state index is 13.5. The van der Waals surface area contributed by atoms with E-state index >= 15 is 0 Å². The number of hydrogen-bond acceptors (Lipinski definition) is 3. The number of amides is 1. The largest absolute Gasteiger partial charge is 0.349 e. The Labute approximate surface area is 151 Å². The molecule has 0 radical (unpaired) electrons. The maximum atomic E-state index is 13.5. The topological polar surface area (TPSA) is 58.9 Å². The van der Waals surface area contributed by atoms with Crippen molar-refractivity contribution in [3.8, 4) is 5.69 Å². The number of nitrogens with one attached hydrogen (secondary N) is 2. The van der Waals surface area contributed by atoms with Gasteiger partial charge in [-0.2, -0.15) is 5.10 Å². The average Bonchev–Trinajstić information content (AvgIpc) is 3.16. The smallest absolute Gasteiger partial charge is 0.272 e. The van der Waals surface area contributed by atoms with Crippen molar-refractivity contribution in [2.24, 2.45) is 0 Å². The predicted molar refractivity (Wildman–Crippen MR) is 93.6 cm³/mol. The SMILES string of the molecule is CCNCCNC(=O)c1nn(-c2ccc(F)c(F)c2)c2c1CCC2.Cl. The van der Waals surface area contributed by atoms with Crippen molar-refractivity contribution in [1.29, 1.82) is 0 Å². The van der Waals surface area contributed by atoms with Gasteiger partial charge in [0.15, 0.2) is 17.3 Å². The highest BCUT2D eigenvalue weighted by Crippen LogP contribution is 2.28. The molecule has 0 saturated carbocycles. The van der Waals surface area contributed by atoms with E-state index in [1.54, 1.807) is 4.68 Å². The molecule has 2 aromatic rings. The Morgan fingerprint density at radius 2 is 2.04 bits per heavy atom. The Hall–Kier alpha value is -1.99. The molecule has 25 heavy (non-hydrogen) atoms. The first-order valence-corrected chi connectivity index (χ1v) is 8.17. The second-order valence-corrected chi connectivity index (χ2v) is 5.75. The van der Waals surface area contributed by atoms with Gasteiger partial charge in [-0.05, 0) is 37.9 Å². The van der Waals surface area contributed by atoms with Gasteiger partial charge in [0.1, 0.15) is 0 Å². The third kappa shape index (κ3) is 3.99. The number of aromatic nitrogens is 2. The van der Waals surface area contributed by atoms with Gasteiger partial charge in [0.25, 0.3) is 5.91 Å². The molecule has 1 aromatic carbocycles. The molecule has 1 heterocycles. The van der Waals surface area contributed by atoms with Crippen molar-refractivity contribution in [1.82, 2.24) is 20.4 Å². The molecule has 0 atom stereocenters. The van der Waals surface area contributed by atoms with Crippen LogP contribution in [0.3, 0.4) is 0 Å². The van der Waals surface area contributed by atoms with Crippen LogP contribution in [0, 0.1) is 11.6 Å². The lowest BCUT2D eigenvalue weighted by molar-refractivity contribution is 0.0947. The third-order valence-corrected chi connectivity index (χ3v) is 4.13. The van der Waals surface area contributed by atoms with Crippen LogP contribution >= 0.6 is 12.4 Å². The summed E-state index contributed by atoms with van der Waals surface area (Å²) in [5, 5.41) is 10.3. The van der Waals surface area contributed by atoms with E-state index in [-0.39, 0.29) is 18.3 Å². The van der Waals surface area contributed by atoms with Crippen LogP contribution in [0.1, 0.15) is 35.1 Å². The molecular weight excluding hydrogens is 350 g/mol. The molecule has 0 saturated heterocycles. The van der Waals surface area contributed by atoms with E-state index in [9.17, 15) is 13.6 Å². The second-order valence-electron chi connectivity index (χ2n) is 5.75. The van der Waals surface area contributed by atoms with E-state index in [4.69, 9.17) is 0 Å². The summed E-state index contributed by atoms with van der Waals surface area (Å²) in [5.74, 6) is -2.05. The van der Waals surface area contributed by atoms with Crippen molar-refractivity contribution in [2.45, 2.75) is 26.2 Å².